The van der Waals surface area contributed by atoms with E-state index in [4.69, 9.17) is 4.74 Å². The standard InChI is InChI=1S/C21H29N3O3/c25-20-7-2-8-24(20)15-17-4-1-5-18(14-17)21(26)23-11-9-22(10-12-23)16-19-6-3-13-27-19/h1,4-5,14,19H,2-3,6-13,15-16H2. The third-order valence-corrected chi connectivity index (χ3v) is 5.86. The van der Waals surface area contributed by atoms with Crippen LogP contribution in [0.3, 0.4) is 0 Å². The second kappa shape index (κ2) is 8.40. The fourth-order valence-electron chi connectivity index (χ4n) is 4.29. The molecule has 4 rings (SSSR count). The van der Waals surface area contributed by atoms with Crippen LogP contribution in [0.4, 0.5) is 0 Å². The van der Waals surface area contributed by atoms with Crippen LogP contribution in [-0.4, -0.2) is 78.5 Å². The summed E-state index contributed by atoms with van der Waals surface area (Å²) in [6.07, 6.45) is 4.29. The van der Waals surface area contributed by atoms with Crippen molar-refractivity contribution in [1.29, 1.82) is 0 Å². The fourth-order valence-corrected chi connectivity index (χ4v) is 4.29. The van der Waals surface area contributed by atoms with E-state index >= 15 is 0 Å². The molecular formula is C21H29N3O3. The molecule has 146 valence electrons. The van der Waals surface area contributed by atoms with Crippen LogP contribution >= 0.6 is 0 Å². The van der Waals surface area contributed by atoms with E-state index in [1.165, 1.54) is 6.42 Å². The van der Waals surface area contributed by atoms with Crippen LogP contribution < -0.4 is 0 Å². The molecule has 3 fully saturated rings. The Morgan fingerprint density at radius 3 is 2.67 bits per heavy atom. The van der Waals surface area contributed by atoms with Gasteiger partial charge < -0.3 is 14.5 Å². The number of ether oxygens (including phenoxy) is 1. The van der Waals surface area contributed by atoms with Gasteiger partial charge >= 0.3 is 0 Å². The van der Waals surface area contributed by atoms with Crippen molar-refractivity contribution in [1.82, 2.24) is 14.7 Å². The van der Waals surface area contributed by atoms with Crippen molar-refractivity contribution in [3.8, 4) is 0 Å². The summed E-state index contributed by atoms with van der Waals surface area (Å²) >= 11 is 0. The maximum atomic E-state index is 12.9. The molecule has 3 saturated heterocycles. The van der Waals surface area contributed by atoms with E-state index in [2.05, 4.69) is 4.90 Å². The minimum Gasteiger partial charge on any atom is -0.377 e. The number of benzene rings is 1. The number of nitrogens with zero attached hydrogens (tertiary/aromatic N) is 3. The van der Waals surface area contributed by atoms with Crippen LogP contribution in [0.2, 0.25) is 0 Å². The van der Waals surface area contributed by atoms with Gasteiger partial charge in [0.1, 0.15) is 0 Å². The zero-order valence-corrected chi connectivity index (χ0v) is 15.9. The van der Waals surface area contributed by atoms with Gasteiger partial charge in [-0.15, -0.1) is 0 Å². The van der Waals surface area contributed by atoms with Crippen molar-refractivity contribution in [2.45, 2.75) is 38.3 Å². The largest absolute Gasteiger partial charge is 0.377 e. The van der Waals surface area contributed by atoms with Gasteiger partial charge in [-0.25, -0.2) is 0 Å². The van der Waals surface area contributed by atoms with Crippen molar-refractivity contribution in [2.24, 2.45) is 0 Å². The van der Waals surface area contributed by atoms with E-state index in [1.807, 2.05) is 34.1 Å². The van der Waals surface area contributed by atoms with E-state index in [-0.39, 0.29) is 11.8 Å². The van der Waals surface area contributed by atoms with E-state index in [0.29, 0.717) is 19.1 Å². The first-order valence-electron chi connectivity index (χ1n) is 10.2. The first-order valence-corrected chi connectivity index (χ1v) is 10.2. The first kappa shape index (κ1) is 18.4. The molecule has 3 heterocycles. The summed E-state index contributed by atoms with van der Waals surface area (Å²) in [5.41, 5.74) is 1.76. The number of amides is 2. The molecule has 0 saturated carbocycles. The van der Waals surface area contributed by atoms with Gasteiger partial charge in [-0.1, -0.05) is 12.1 Å². The molecule has 1 unspecified atom stereocenters. The molecule has 1 aromatic rings. The molecule has 2 amide bonds. The van der Waals surface area contributed by atoms with Crippen LogP contribution in [0.25, 0.3) is 0 Å². The number of hydrogen-bond acceptors (Lipinski definition) is 4. The second-order valence-corrected chi connectivity index (χ2v) is 7.85. The molecule has 27 heavy (non-hydrogen) atoms. The van der Waals surface area contributed by atoms with Gasteiger partial charge in [-0.2, -0.15) is 0 Å². The van der Waals surface area contributed by atoms with Crippen LogP contribution in [0.15, 0.2) is 24.3 Å². The highest BCUT2D eigenvalue weighted by Crippen LogP contribution is 2.18. The Morgan fingerprint density at radius 1 is 1.11 bits per heavy atom. The van der Waals surface area contributed by atoms with Gasteiger partial charge in [0, 0.05) is 64.4 Å². The predicted octanol–water partition coefficient (Wildman–Crippen LogP) is 1.75. The summed E-state index contributed by atoms with van der Waals surface area (Å²) < 4.78 is 5.72. The lowest BCUT2D eigenvalue weighted by Crippen LogP contribution is -2.50. The highest BCUT2D eigenvalue weighted by atomic mass is 16.5. The van der Waals surface area contributed by atoms with Crippen molar-refractivity contribution < 1.29 is 14.3 Å². The van der Waals surface area contributed by atoms with Gasteiger partial charge in [0.15, 0.2) is 0 Å². The highest BCUT2D eigenvalue weighted by Gasteiger charge is 2.26. The zero-order valence-electron chi connectivity index (χ0n) is 15.9. The van der Waals surface area contributed by atoms with Crippen molar-refractivity contribution in [2.75, 3.05) is 45.9 Å². The SMILES string of the molecule is O=C1CCCN1Cc1cccc(C(=O)N2CCN(CC3CCCO3)CC2)c1. The highest BCUT2D eigenvalue weighted by molar-refractivity contribution is 5.94. The minimum atomic E-state index is 0.0985. The third kappa shape index (κ3) is 4.50. The monoisotopic (exact) mass is 371 g/mol. The maximum absolute atomic E-state index is 12.9. The van der Waals surface area contributed by atoms with Crippen LogP contribution in [0.5, 0.6) is 0 Å². The molecule has 6 heteroatoms. The number of piperazine rings is 1. The Kier molecular flexibility index (Phi) is 5.74. The molecule has 6 nitrogen and oxygen atoms in total. The van der Waals surface area contributed by atoms with Crippen molar-refractivity contribution >= 4 is 11.8 Å². The molecule has 3 aliphatic heterocycles. The summed E-state index contributed by atoms with van der Waals surface area (Å²) in [7, 11) is 0. The van der Waals surface area contributed by atoms with E-state index in [1.54, 1.807) is 0 Å². The first-order chi connectivity index (χ1) is 13.2. The molecule has 0 spiro atoms. The number of carbonyl (C=O) groups excluding carboxylic acids is 2. The molecule has 0 bridgehead atoms. The minimum absolute atomic E-state index is 0.0985. The lowest BCUT2D eigenvalue weighted by molar-refractivity contribution is -0.128. The van der Waals surface area contributed by atoms with E-state index in [9.17, 15) is 9.59 Å². The van der Waals surface area contributed by atoms with E-state index < -0.39 is 0 Å². The lowest BCUT2D eigenvalue weighted by Gasteiger charge is -2.35. The number of likely N-dealkylation sites (tertiary alicyclic amines) is 1. The summed E-state index contributed by atoms with van der Waals surface area (Å²) in [6.45, 7) is 6.66. The lowest BCUT2D eigenvalue weighted by atomic mass is 10.1. The Hall–Kier alpha value is -1.92. The number of carbonyl (C=O) groups is 2. The topological polar surface area (TPSA) is 53.1 Å². The molecule has 0 aromatic heterocycles. The molecule has 1 aromatic carbocycles. The fraction of sp³-hybridized carbons (Fsp3) is 0.619. The van der Waals surface area contributed by atoms with Gasteiger partial charge in [0.2, 0.25) is 5.91 Å². The molecule has 0 N–H and O–H groups in total. The summed E-state index contributed by atoms with van der Waals surface area (Å²) in [5, 5.41) is 0. The van der Waals surface area contributed by atoms with E-state index in [0.717, 1.165) is 69.8 Å². The van der Waals surface area contributed by atoms with Gasteiger partial charge in [0.25, 0.3) is 5.91 Å². The summed E-state index contributed by atoms with van der Waals surface area (Å²) in [6, 6.07) is 7.77. The Labute approximate surface area is 161 Å². The molecular weight excluding hydrogens is 342 g/mol. The molecule has 3 aliphatic rings. The number of hydrogen-bond donors (Lipinski definition) is 0. The summed E-state index contributed by atoms with van der Waals surface area (Å²) in [4.78, 5) is 31.0. The van der Waals surface area contributed by atoms with Gasteiger partial charge in [0.05, 0.1) is 6.10 Å². The van der Waals surface area contributed by atoms with Crippen molar-refractivity contribution in [3.05, 3.63) is 35.4 Å². The second-order valence-electron chi connectivity index (χ2n) is 7.85. The normalized spacial score (nSPS) is 24.0. The maximum Gasteiger partial charge on any atom is 0.253 e. The zero-order chi connectivity index (χ0) is 18.6. The molecule has 0 radical (unpaired) electrons. The Morgan fingerprint density at radius 2 is 1.96 bits per heavy atom. The van der Waals surface area contributed by atoms with Gasteiger partial charge in [-0.05, 0) is 37.0 Å². The summed E-state index contributed by atoms with van der Waals surface area (Å²) in [5.74, 6) is 0.315. The molecule has 1 atom stereocenters. The van der Waals surface area contributed by atoms with Crippen LogP contribution in [0.1, 0.15) is 41.6 Å². The smallest absolute Gasteiger partial charge is 0.253 e. The van der Waals surface area contributed by atoms with Crippen molar-refractivity contribution in [3.63, 3.8) is 0 Å². The number of rotatable bonds is 5. The third-order valence-electron chi connectivity index (χ3n) is 5.86. The van der Waals surface area contributed by atoms with Crippen LogP contribution in [0, 0.1) is 0 Å². The molecule has 0 aliphatic carbocycles. The Balaban J connectivity index is 1.31. The predicted molar refractivity (Wildman–Crippen MR) is 102 cm³/mol. The average molecular weight is 371 g/mol. The van der Waals surface area contributed by atoms with Gasteiger partial charge in [-0.3, -0.25) is 14.5 Å². The van der Waals surface area contributed by atoms with Crippen LogP contribution in [-0.2, 0) is 16.1 Å². The Bertz CT molecular complexity index is 679. The quantitative estimate of drug-likeness (QED) is 0.791. The average Bonchev–Trinajstić information content (AvgIpc) is 3.34.